The molecule has 34 heavy (non-hydrogen) atoms. The van der Waals surface area contributed by atoms with E-state index >= 15 is 0 Å². The van der Waals surface area contributed by atoms with Crippen LogP contribution in [0.2, 0.25) is 0 Å². The highest BCUT2D eigenvalue weighted by molar-refractivity contribution is 9.10. The van der Waals surface area contributed by atoms with Gasteiger partial charge in [0.2, 0.25) is 0 Å². The molecule has 0 saturated carbocycles. The van der Waals surface area contributed by atoms with Gasteiger partial charge >= 0.3 is 0 Å². The summed E-state index contributed by atoms with van der Waals surface area (Å²) in [5.74, 6) is -1.30. The van der Waals surface area contributed by atoms with Gasteiger partial charge in [0.05, 0.1) is 6.54 Å². The van der Waals surface area contributed by atoms with Gasteiger partial charge in [0.1, 0.15) is 28.5 Å². The van der Waals surface area contributed by atoms with Crippen molar-refractivity contribution in [2.24, 2.45) is 5.73 Å². The Morgan fingerprint density at radius 2 is 1.85 bits per heavy atom. The lowest BCUT2D eigenvalue weighted by molar-refractivity contribution is 0.0953. The molecule has 0 bridgehead atoms. The largest absolute Gasteiger partial charge is 0.487 e. The van der Waals surface area contributed by atoms with Gasteiger partial charge in [-0.15, -0.1) is 12.4 Å². The molecule has 3 N–H and O–H groups in total. The minimum Gasteiger partial charge on any atom is -0.487 e. The molecule has 0 aliphatic rings. The van der Waals surface area contributed by atoms with E-state index in [4.69, 9.17) is 10.5 Å². The van der Waals surface area contributed by atoms with E-state index in [2.05, 4.69) is 21.2 Å². The number of rotatable bonds is 9. The fraction of sp³-hybridized carbons (Fsp3) is 0.250. The molecule has 0 unspecified atom stereocenters. The molecule has 1 aromatic heterocycles. The van der Waals surface area contributed by atoms with Crippen molar-refractivity contribution in [2.45, 2.75) is 26.5 Å². The highest BCUT2D eigenvalue weighted by atomic mass is 79.9. The number of hydrogen-bond acceptors (Lipinski definition) is 4. The minimum absolute atomic E-state index is 0. The summed E-state index contributed by atoms with van der Waals surface area (Å²) in [6, 6.07) is 11.9. The minimum atomic E-state index is -0.715. The second-order valence-electron chi connectivity index (χ2n) is 7.47. The van der Waals surface area contributed by atoms with Crippen LogP contribution in [0.1, 0.15) is 33.6 Å². The number of halogens is 4. The van der Waals surface area contributed by atoms with Gasteiger partial charge in [0, 0.05) is 35.5 Å². The predicted octanol–water partition coefficient (Wildman–Crippen LogP) is 4.33. The van der Waals surface area contributed by atoms with Crippen molar-refractivity contribution in [3.63, 3.8) is 0 Å². The van der Waals surface area contributed by atoms with E-state index in [0.29, 0.717) is 37.3 Å². The van der Waals surface area contributed by atoms with Crippen molar-refractivity contribution in [2.75, 3.05) is 13.1 Å². The standard InChI is InChI=1S/C24H24BrF2N3O3.ClH/c1-15-11-21(33-14-18-7-8-19(26)12-20(18)27)22(25)24(32)30(15)13-16-3-5-17(6-4-16)23(31)29-10-2-9-28;/h3-8,11-12H,2,9-10,13-14,28H2,1H3,(H,29,31);1H. The zero-order chi connectivity index (χ0) is 24.0. The van der Waals surface area contributed by atoms with Crippen molar-refractivity contribution in [3.8, 4) is 5.75 Å². The first-order chi connectivity index (χ1) is 15.8. The number of nitrogens with two attached hydrogens (primary N) is 1. The summed E-state index contributed by atoms with van der Waals surface area (Å²) >= 11 is 3.27. The Bertz CT molecular complexity index is 1200. The van der Waals surface area contributed by atoms with Crippen LogP contribution < -0.4 is 21.3 Å². The summed E-state index contributed by atoms with van der Waals surface area (Å²) in [5, 5.41) is 2.79. The van der Waals surface area contributed by atoms with Crippen molar-refractivity contribution < 1.29 is 18.3 Å². The number of carbonyl (C=O) groups is 1. The molecule has 182 valence electrons. The van der Waals surface area contributed by atoms with E-state index in [-0.39, 0.29) is 46.3 Å². The summed E-state index contributed by atoms with van der Waals surface area (Å²) in [6.07, 6.45) is 0.708. The smallest absolute Gasteiger partial charge is 0.269 e. The Hall–Kier alpha value is -2.75. The maximum Gasteiger partial charge on any atom is 0.269 e. The Labute approximate surface area is 210 Å². The van der Waals surface area contributed by atoms with Crippen LogP contribution in [0.15, 0.2) is 57.8 Å². The first-order valence-corrected chi connectivity index (χ1v) is 11.1. The highest BCUT2D eigenvalue weighted by Crippen LogP contribution is 2.24. The number of benzene rings is 2. The fourth-order valence-electron chi connectivity index (χ4n) is 3.16. The average molecular weight is 557 g/mol. The van der Waals surface area contributed by atoms with E-state index in [1.807, 2.05) is 0 Å². The number of aryl methyl sites for hydroxylation is 1. The van der Waals surface area contributed by atoms with Gasteiger partial charge in [-0.25, -0.2) is 8.78 Å². The molecular formula is C24H25BrClF2N3O3. The highest BCUT2D eigenvalue weighted by Gasteiger charge is 2.14. The van der Waals surface area contributed by atoms with E-state index in [0.717, 1.165) is 17.7 Å². The second kappa shape index (κ2) is 12.6. The monoisotopic (exact) mass is 555 g/mol. The molecule has 0 aliphatic carbocycles. The third-order valence-corrected chi connectivity index (χ3v) is 5.77. The molecule has 3 rings (SSSR count). The quantitative estimate of drug-likeness (QED) is 0.384. The van der Waals surface area contributed by atoms with Crippen LogP contribution in [0.4, 0.5) is 8.78 Å². The van der Waals surface area contributed by atoms with E-state index < -0.39 is 11.6 Å². The predicted molar refractivity (Wildman–Crippen MR) is 133 cm³/mol. The zero-order valence-corrected chi connectivity index (χ0v) is 20.8. The number of amides is 1. The third-order valence-electron chi connectivity index (χ3n) is 5.04. The first-order valence-electron chi connectivity index (χ1n) is 10.3. The Morgan fingerprint density at radius 3 is 2.50 bits per heavy atom. The van der Waals surface area contributed by atoms with Crippen LogP contribution >= 0.6 is 28.3 Å². The Balaban J connectivity index is 0.00000408. The molecule has 2 aromatic carbocycles. The fourth-order valence-corrected chi connectivity index (χ4v) is 3.60. The van der Waals surface area contributed by atoms with E-state index in [9.17, 15) is 18.4 Å². The van der Waals surface area contributed by atoms with Gasteiger partial charge in [-0.2, -0.15) is 0 Å². The van der Waals surface area contributed by atoms with Crippen LogP contribution in [0.5, 0.6) is 5.75 Å². The molecule has 3 aromatic rings. The topological polar surface area (TPSA) is 86.3 Å². The van der Waals surface area contributed by atoms with E-state index in [1.165, 1.54) is 6.07 Å². The van der Waals surface area contributed by atoms with Crippen LogP contribution in [0, 0.1) is 18.6 Å². The molecule has 0 atom stereocenters. The number of hydrogen-bond donors (Lipinski definition) is 2. The van der Waals surface area contributed by atoms with Gasteiger partial charge < -0.3 is 20.4 Å². The lowest BCUT2D eigenvalue weighted by Crippen LogP contribution is -2.26. The van der Waals surface area contributed by atoms with Crippen molar-refractivity contribution >= 4 is 34.2 Å². The number of ether oxygens (including phenoxy) is 1. The van der Waals surface area contributed by atoms with Gasteiger partial charge in [-0.1, -0.05) is 12.1 Å². The van der Waals surface area contributed by atoms with Crippen molar-refractivity contribution in [1.82, 2.24) is 9.88 Å². The van der Waals surface area contributed by atoms with E-state index in [1.54, 1.807) is 41.8 Å². The molecule has 0 fully saturated rings. The van der Waals surface area contributed by atoms with Crippen LogP contribution in [0.3, 0.4) is 0 Å². The molecule has 10 heteroatoms. The molecule has 1 heterocycles. The van der Waals surface area contributed by atoms with Crippen molar-refractivity contribution in [3.05, 3.63) is 97.4 Å². The van der Waals surface area contributed by atoms with Gasteiger partial charge in [0.15, 0.2) is 0 Å². The molecular weight excluding hydrogens is 532 g/mol. The van der Waals surface area contributed by atoms with Crippen LogP contribution in [-0.2, 0) is 13.2 Å². The molecule has 0 radical (unpaired) electrons. The SMILES string of the molecule is Cc1cc(OCc2ccc(F)cc2F)c(Br)c(=O)n1Cc1ccc(C(=O)NCCCN)cc1.Cl. The summed E-state index contributed by atoms with van der Waals surface area (Å²) in [4.78, 5) is 25.0. The third kappa shape index (κ3) is 6.88. The maximum atomic E-state index is 13.8. The van der Waals surface area contributed by atoms with Gasteiger partial charge in [-0.3, -0.25) is 9.59 Å². The number of carbonyl (C=O) groups excluding carboxylic acids is 1. The molecule has 6 nitrogen and oxygen atoms in total. The van der Waals surface area contributed by atoms with Gasteiger partial charge in [-0.05, 0) is 65.6 Å². The van der Waals surface area contributed by atoms with Crippen molar-refractivity contribution in [1.29, 1.82) is 0 Å². The van der Waals surface area contributed by atoms with Crippen LogP contribution in [0.25, 0.3) is 0 Å². The number of aromatic nitrogens is 1. The molecule has 0 saturated heterocycles. The Morgan fingerprint density at radius 1 is 1.15 bits per heavy atom. The summed E-state index contributed by atoms with van der Waals surface area (Å²) in [6.45, 7) is 2.93. The normalized spacial score (nSPS) is 10.5. The summed E-state index contributed by atoms with van der Waals surface area (Å²) < 4.78 is 34.3. The van der Waals surface area contributed by atoms with Gasteiger partial charge in [0.25, 0.3) is 11.5 Å². The summed E-state index contributed by atoms with van der Waals surface area (Å²) in [7, 11) is 0. The zero-order valence-electron chi connectivity index (χ0n) is 18.4. The summed E-state index contributed by atoms with van der Waals surface area (Å²) in [5.41, 5.74) is 7.30. The number of pyridine rings is 1. The number of nitrogens with one attached hydrogen (secondary N) is 1. The first kappa shape index (κ1) is 27.5. The number of nitrogens with zero attached hydrogens (tertiary/aromatic N) is 1. The molecule has 0 spiro atoms. The second-order valence-corrected chi connectivity index (χ2v) is 8.27. The average Bonchev–Trinajstić information content (AvgIpc) is 2.79. The molecule has 1 amide bonds. The van der Waals surface area contributed by atoms with Crippen LogP contribution in [-0.4, -0.2) is 23.6 Å². The Kier molecular flexibility index (Phi) is 10.2. The molecule has 0 aliphatic heterocycles. The maximum absolute atomic E-state index is 13.8. The lowest BCUT2D eigenvalue weighted by atomic mass is 10.1. The lowest BCUT2D eigenvalue weighted by Gasteiger charge is -2.15.